The van der Waals surface area contributed by atoms with Gasteiger partial charge in [-0.3, -0.25) is 4.90 Å². The number of nitrogens with zero attached hydrogens (tertiary/aromatic N) is 5. The summed E-state index contributed by atoms with van der Waals surface area (Å²) in [7, 11) is 0. The van der Waals surface area contributed by atoms with Crippen molar-refractivity contribution in [3.8, 4) is 29.6 Å². The molecule has 3 saturated heterocycles. The van der Waals surface area contributed by atoms with Gasteiger partial charge in [0.05, 0.1) is 33.6 Å². The van der Waals surface area contributed by atoms with Gasteiger partial charge in [-0.25, -0.2) is 18.8 Å². The van der Waals surface area contributed by atoms with Crippen molar-refractivity contribution in [2.75, 3.05) is 38.5 Å². The number of aryl methyl sites for hydroxylation is 1. The number of nitrogens with two attached hydrogens (primary N) is 1. The van der Waals surface area contributed by atoms with Crippen LogP contribution in [0.15, 0.2) is 89.9 Å². The first-order chi connectivity index (χ1) is 28.9. The molecule has 0 amide bonds. The van der Waals surface area contributed by atoms with Crippen LogP contribution in [0.3, 0.4) is 0 Å². The summed E-state index contributed by atoms with van der Waals surface area (Å²) in [6.07, 6.45) is 16.1. The third kappa shape index (κ3) is 7.77. The van der Waals surface area contributed by atoms with Crippen LogP contribution in [0, 0.1) is 29.9 Å². The fraction of sp³-hybridized carbons (Fsp3) is 0.347. The maximum Gasteiger partial charge on any atom is 0.319 e. The monoisotopic (exact) mass is 789 g/mol. The number of nitrogens with one attached hydrogen (secondary N) is 1. The lowest BCUT2D eigenvalue weighted by Crippen LogP contribution is -2.43. The number of hydrogen-bond donors (Lipinski definition) is 2. The summed E-state index contributed by atoms with van der Waals surface area (Å²) in [4.78, 5) is 22.1. The van der Waals surface area contributed by atoms with E-state index >= 15 is 8.78 Å². The third-order valence-electron chi connectivity index (χ3n) is 12.6. The fourth-order valence-electron chi connectivity index (χ4n) is 9.67. The standard InChI is InChI=1S/C49H49F2N7O/c1-2-37-39(50)22-21-35-28-36(54-44(33-16-5-3-6-17-33)34-18-7-4-8-19-34)29-38(41(35)37)45-43(51)46-42(40(55-45)20-11-15-32-14-9-10-25-53-30-32)47(52)57-48(56-46)59-31-49-23-12-26-58(49)27-13-24-49/h1,3-8,16-19,21-22,28-29,32,53H,9-15,20,23-27,30-31H2,(H2,52,56,57). The summed E-state index contributed by atoms with van der Waals surface area (Å²) in [5.41, 5.74) is 10.6. The number of rotatable bonds is 11. The predicted molar refractivity (Wildman–Crippen MR) is 232 cm³/mol. The lowest BCUT2D eigenvalue weighted by Gasteiger charge is -2.31. The van der Waals surface area contributed by atoms with Gasteiger partial charge < -0.3 is 15.8 Å². The lowest BCUT2D eigenvalue weighted by atomic mass is 9.93. The van der Waals surface area contributed by atoms with Crippen molar-refractivity contribution in [2.45, 2.75) is 69.7 Å². The van der Waals surface area contributed by atoms with Crippen LogP contribution in [0.4, 0.5) is 20.3 Å². The number of nitrogen functional groups attached to an aromatic ring is 1. The molecule has 2 aromatic heterocycles. The normalized spacial score (nSPS) is 17.7. The summed E-state index contributed by atoms with van der Waals surface area (Å²) >= 11 is 0. The average Bonchev–Trinajstić information content (AvgIpc) is 3.74. The van der Waals surface area contributed by atoms with Crippen LogP contribution in [0.1, 0.15) is 80.2 Å². The number of benzene rings is 4. The van der Waals surface area contributed by atoms with Crippen molar-refractivity contribution in [3.63, 3.8) is 0 Å². The van der Waals surface area contributed by atoms with E-state index in [2.05, 4.69) is 21.1 Å². The topological polar surface area (TPSA) is 102 Å². The zero-order valence-electron chi connectivity index (χ0n) is 33.3. The Morgan fingerprint density at radius 2 is 1.66 bits per heavy atom. The molecule has 1 unspecified atom stereocenters. The lowest BCUT2D eigenvalue weighted by molar-refractivity contribution is 0.108. The summed E-state index contributed by atoms with van der Waals surface area (Å²) in [5.74, 6) is 1.91. The molecular formula is C49H49F2N7O. The molecule has 0 radical (unpaired) electrons. The Labute approximate surface area is 344 Å². The van der Waals surface area contributed by atoms with Crippen molar-refractivity contribution in [1.82, 2.24) is 25.2 Å². The van der Waals surface area contributed by atoms with Gasteiger partial charge in [-0.1, -0.05) is 79.1 Å². The summed E-state index contributed by atoms with van der Waals surface area (Å²) < 4.78 is 39.6. The van der Waals surface area contributed by atoms with Gasteiger partial charge >= 0.3 is 6.01 Å². The molecule has 10 heteroatoms. The van der Waals surface area contributed by atoms with Gasteiger partial charge in [0.25, 0.3) is 0 Å². The highest BCUT2D eigenvalue weighted by atomic mass is 19.1. The minimum absolute atomic E-state index is 0.00541. The summed E-state index contributed by atoms with van der Waals surface area (Å²) in [5, 5.41) is 4.91. The number of aromatic nitrogens is 3. The van der Waals surface area contributed by atoms with Gasteiger partial charge in [0.15, 0.2) is 5.82 Å². The number of ether oxygens (including phenoxy) is 1. The Morgan fingerprint density at radius 1 is 0.915 bits per heavy atom. The number of anilines is 1. The van der Waals surface area contributed by atoms with Crippen LogP contribution in [-0.2, 0) is 6.42 Å². The number of terminal acetylenes is 1. The first-order valence-electron chi connectivity index (χ1n) is 21.1. The molecule has 4 aromatic carbocycles. The molecule has 6 aromatic rings. The van der Waals surface area contributed by atoms with E-state index in [0.29, 0.717) is 52.0 Å². The Bertz CT molecular complexity index is 2510. The highest BCUT2D eigenvalue weighted by Gasteiger charge is 2.45. The molecule has 3 N–H and O–H groups in total. The molecule has 1 atom stereocenters. The molecule has 0 bridgehead atoms. The highest BCUT2D eigenvalue weighted by molar-refractivity contribution is 6.14. The van der Waals surface area contributed by atoms with Gasteiger partial charge in [0.2, 0.25) is 0 Å². The molecule has 8 nitrogen and oxygen atoms in total. The van der Waals surface area contributed by atoms with E-state index in [1.165, 1.54) is 18.9 Å². The average molecular weight is 790 g/mol. The van der Waals surface area contributed by atoms with Crippen LogP contribution >= 0.6 is 0 Å². The van der Waals surface area contributed by atoms with Crippen LogP contribution in [0.25, 0.3) is 32.9 Å². The number of aliphatic imine (C=N–C) groups is 1. The zero-order chi connectivity index (χ0) is 40.3. The van der Waals surface area contributed by atoms with Crippen LogP contribution in [-0.4, -0.2) is 63.9 Å². The van der Waals surface area contributed by atoms with Crippen molar-refractivity contribution < 1.29 is 13.5 Å². The quantitative estimate of drug-likeness (QED) is 0.0997. The number of halogens is 2. The predicted octanol–water partition coefficient (Wildman–Crippen LogP) is 9.58. The Morgan fingerprint density at radius 3 is 2.39 bits per heavy atom. The Kier molecular flexibility index (Phi) is 11.1. The maximum absolute atomic E-state index is 17.6. The summed E-state index contributed by atoms with van der Waals surface area (Å²) in [6, 6.07) is 26.4. The number of pyridine rings is 1. The van der Waals surface area contributed by atoms with Crippen LogP contribution < -0.4 is 15.8 Å². The smallest absolute Gasteiger partial charge is 0.319 e. The Hall–Kier alpha value is -5.76. The molecule has 3 aliphatic heterocycles. The first kappa shape index (κ1) is 38.7. The fourth-order valence-corrected chi connectivity index (χ4v) is 9.67. The molecule has 9 rings (SSSR count). The minimum Gasteiger partial charge on any atom is -0.461 e. The molecule has 5 heterocycles. The summed E-state index contributed by atoms with van der Waals surface area (Å²) in [6.45, 7) is 4.51. The molecule has 59 heavy (non-hydrogen) atoms. The van der Waals surface area contributed by atoms with E-state index in [1.807, 2.05) is 66.7 Å². The molecule has 0 spiro atoms. The molecule has 3 aliphatic rings. The number of hydrogen-bond acceptors (Lipinski definition) is 8. The van der Waals surface area contributed by atoms with Crippen molar-refractivity contribution in [1.29, 1.82) is 0 Å². The van der Waals surface area contributed by atoms with Crippen molar-refractivity contribution in [3.05, 3.63) is 119 Å². The van der Waals surface area contributed by atoms with E-state index in [4.69, 9.17) is 31.9 Å². The van der Waals surface area contributed by atoms with Crippen LogP contribution in [0.2, 0.25) is 0 Å². The Balaban J connectivity index is 1.22. The maximum atomic E-state index is 17.6. The van der Waals surface area contributed by atoms with Crippen molar-refractivity contribution >= 4 is 38.9 Å². The van der Waals surface area contributed by atoms with Gasteiger partial charge in [0, 0.05) is 22.1 Å². The second kappa shape index (κ2) is 16.8. The first-order valence-corrected chi connectivity index (χ1v) is 21.1. The van der Waals surface area contributed by atoms with E-state index in [-0.39, 0.29) is 34.1 Å². The van der Waals surface area contributed by atoms with Gasteiger partial charge in [-0.15, -0.1) is 6.42 Å². The SMILES string of the molecule is C#Cc1c(F)ccc2cc(N=C(c3ccccc3)c3ccccc3)cc(-c3nc(CCCC4CCCCNC4)c4c(N)nc(OCC56CCCN5CCC6)nc4c3F)c12. The minimum atomic E-state index is -0.710. The largest absolute Gasteiger partial charge is 0.461 e. The molecule has 0 aliphatic carbocycles. The van der Waals surface area contributed by atoms with E-state index in [1.54, 1.807) is 12.1 Å². The van der Waals surface area contributed by atoms with Gasteiger partial charge in [-0.05, 0) is 113 Å². The van der Waals surface area contributed by atoms with Gasteiger partial charge in [0.1, 0.15) is 29.5 Å². The second-order valence-corrected chi connectivity index (χ2v) is 16.4. The van der Waals surface area contributed by atoms with E-state index in [0.717, 1.165) is 88.0 Å². The zero-order valence-corrected chi connectivity index (χ0v) is 33.3. The molecule has 300 valence electrons. The van der Waals surface area contributed by atoms with Crippen molar-refractivity contribution in [2.24, 2.45) is 10.9 Å². The molecule has 3 fully saturated rings. The second-order valence-electron chi connectivity index (χ2n) is 16.4. The third-order valence-corrected chi connectivity index (χ3v) is 12.6. The van der Waals surface area contributed by atoms with E-state index in [9.17, 15) is 0 Å². The molecular weight excluding hydrogens is 741 g/mol. The van der Waals surface area contributed by atoms with Crippen LogP contribution in [0.5, 0.6) is 6.01 Å². The van der Waals surface area contributed by atoms with Gasteiger partial charge in [-0.2, -0.15) is 9.97 Å². The van der Waals surface area contributed by atoms with E-state index < -0.39 is 11.6 Å². The molecule has 0 saturated carbocycles. The number of fused-ring (bicyclic) bond motifs is 3. The highest BCUT2D eigenvalue weighted by Crippen LogP contribution is 2.42.